The summed E-state index contributed by atoms with van der Waals surface area (Å²) in [4.78, 5) is 2.40. The van der Waals surface area contributed by atoms with E-state index < -0.39 is 0 Å². The first kappa shape index (κ1) is 12.4. The van der Waals surface area contributed by atoms with E-state index in [1.165, 1.54) is 11.1 Å². The summed E-state index contributed by atoms with van der Waals surface area (Å²) in [5.41, 5.74) is 2.57. The maximum Gasteiger partial charge on any atom is 0.143 e. The highest BCUT2D eigenvalue weighted by Crippen LogP contribution is 2.33. The molecule has 3 rings (SSSR count). The van der Waals surface area contributed by atoms with Crippen molar-refractivity contribution in [3.63, 3.8) is 0 Å². The number of benzene rings is 2. The van der Waals surface area contributed by atoms with Crippen LogP contribution in [0.1, 0.15) is 18.1 Å². The van der Waals surface area contributed by atoms with Crippen molar-refractivity contribution >= 4 is 0 Å². The molecule has 0 radical (unpaired) electrons. The Labute approximate surface area is 114 Å². The molecule has 0 amide bonds. The molecule has 1 aliphatic heterocycles. The average Bonchev–Trinajstić information content (AvgIpc) is 3.20. The number of rotatable bonds is 5. The molecule has 2 heteroatoms. The molecule has 0 N–H and O–H groups in total. The standard InChI is InChI=1S/C17H19NO/c1-17(14-19-17)18(12-15-8-4-2-5-9-15)13-16-10-6-3-7-11-16/h2-11H,12-14H2,1H3. The average molecular weight is 253 g/mol. The molecule has 1 fully saturated rings. The summed E-state index contributed by atoms with van der Waals surface area (Å²) < 4.78 is 5.63. The summed E-state index contributed by atoms with van der Waals surface area (Å²) >= 11 is 0. The lowest BCUT2D eigenvalue weighted by Gasteiger charge is -2.26. The predicted octanol–water partition coefficient (Wildman–Crippen LogP) is 3.44. The van der Waals surface area contributed by atoms with Crippen molar-refractivity contribution in [2.75, 3.05) is 6.61 Å². The molecule has 19 heavy (non-hydrogen) atoms. The number of hydrogen-bond acceptors (Lipinski definition) is 2. The number of ether oxygens (including phenoxy) is 1. The highest BCUT2D eigenvalue weighted by Gasteiger charge is 2.45. The third kappa shape index (κ3) is 3.03. The van der Waals surface area contributed by atoms with Crippen molar-refractivity contribution in [3.05, 3.63) is 71.8 Å². The topological polar surface area (TPSA) is 15.8 Å². The Morgan fingerprint density at radius 3 is 1.68 bits per heavy atom. The molecule has 1 saturated heterocycles. The molecule has 2 aromatic carbocycles. The Balaban J connectivity index is 1.75. The highest BCUT2D eigenvalue weighted by molar-refractivity contribution is 5.18. The van der Waals surface area contributed by atoms with Crippen molar-refractivity contribution < 1.29 is 4.74 Å². The minimum absolute atomic E-state index is 0.0916. The van der Waals surface area contributed by atoms with Crippen molar-refractivity contribution in [1.82, 2.24) is 4.90 Å². The minimum Gasteiger partial charge on any atom is -0.354 e. The first-order chi connectivity index (χ1) is 9.26. The summed E-state index contributed by atoms with van der Waals surface area (Å²) in [6.45, 7) is 4.84. The van der Waals surface area contributed by atoms with Crippen LogP contribution >= 0.6 is 0 Å². The Morgan fingerprint density at radius 1 is 0.895 bits per heavy atom. The van der Waals surface area contributed by atoms with Gasteiger partial charge in [0.05, 0.1) is 6.61 Å². The van der Waals surface area contributed by atoms with E-state index in [-0.39, 0.29) is 5.72 Å². The van der Waals surface area contributed by atoms with Crippen LogP contribution in [0.4, 0.5) is 0 Å². The van der Waals surface area contributed by atoms with E-state index in [9.17, 15) is 0 Å². The van der Waals surface area contributed by atoms with Crippen LogP contribution in [0.3, 0.4) is 0 Å². The summed E-state index contributed by atoms with van der Waals surface area (Å²) in [6, 6.07) is 21.2. The molecule has 0 spiro atoms. The van der Waals surface area contributed by atoms with Gasteiger partial charge in [0, 0.05) is 13.1 Å². The molecule has 98 valence electrons. The monoisotopic (exact) mass is 253 g/mol. The second-order valence-electron chi connectivity index (χ2n) is 5.29. The molecule has 0 aliphatic carbocycles. The lowest BCUT2D eigenvalue weighted by atomic mass is 10.1. The Hall–Kier alpha value is -1.64. The van der Waals surface area contributed by atoms with Gasteiger partial charge in [-0.15, -0.1) is 0 Å². The molecule has 1 heterocycles. The van der Waals surface area contributed by atoms with E-state index in [0.717, 1.165) is 19.7 Å². The fraction of sp³-hybridized carbons (Fsp3) is 0.294. The number of epoxide rings is 1. The van der Waals surface area contributed by atoms with Crippen LogP contribution in [0, 0.1) is 0 Å². The maximum atomic E-state index is 5.63. The first-order valence-electron chi connectivity index (χ1n) is 6.73. The van der Waals surface area contributed by atoms with Gasteiger partial charge >= 0.3 is 0 Å². The van der Waals surface area contributed by atoms with Crippen LogP contribution in [0.5, 0.6) is 0 Å². The summed E-state index contributed by atoms with van der Waals surface area (Å²) in [7, 11) is 0. The molecule has 0 bridgehead atoms. The van der Waals surface area contributed by atoms with Crippen LogP contribution in [-0.2, 0) is 17.8 Å². The van der Waals surface area contributed by atoms with Crippen molar-refractivity contribution in [3.8, 4) is 0 Å². The number of nitrogens with zero attached hydrogens (tertiary/aromatic N) is 1. The fourth-order valence-electron chi connectivity index (χ4n) is 2.28. The zero-order valence-corrected chi connectivity index (χ0v) is 11.3. The maximum absolute atomic E-state index is 5.63. The van der Waals surface area contributed by atoms with Crippen LogP contribution in [0.15, 0.2) is 60.7 Å². The number of hydrogen-bond donors (Lipinski definition) is 0. The Kier molecular flexibility index (Phi) is 3.36. The summed E-state index contributed by atoms with van der Waals surface area (Å²) in [5, 5.41) is 0. The summed E-state index contributed by atoms with van der Waals surface area (Å²) in [6.07, 6.45) is 0. The van der Waals surface area contributed by atoms with Crippen LogP contribution < -0.4 is 0 Å². The zero-order chi connectivity index (χ0) is 13.1. The smallest absolute Gasteiger partial charge is 0.143 e. The van der Waals surface area contributed by atoms with E-state index >= 15 is 0 Å². The molecule has 0 aromatic heterocycles. The second kappa shape index (κ2) is 5.16. The quantitative estimate of drug-likeness (QED) is 0.759. The van der Waals surface area contributed by atoms with E-state index in [2.05, 4.69) is 72.5 Å². The van der Waals surface area contributed by atoms with E-state index in [1.54, 1.807) is 0 Å². The molecular weight excluding hydrogens is 234 g/mol. The molecule has 1 unspecified atom stereocenters. The van der Waals surface area contributed by atoms with Crippen molar-refractivity contribution in [2.45, 2.75) is 25.7 Å². The van der Waals surface area contributed by atoms with Gasteiger partial charge in [0.1, 0.15) is 5.72 Å². The van der Waals surface area contributed by atoms with Crippen LogP contribution in [-0.4, -0.2) is 17.2 Å². The third-order valence-electron chi connectivity index (χ3n) is 3.66. The molecule has 0 saturated carbocycles. The second-order valence-corrected chi connectivity index (χ2v) is 5.29. The van der Waals surface area contributed by atoms with Gasteiger partial charge in [-0.2, -0.15) is 0 Å². The van der Waals surface area contributed by atoms with Gasteiger partial charge in [0.2, 0.25) is 0 Å². The minimum atomic E-state index is -0.0916. The van der Waals surface area contributed by atoms with Gasteiger partial charge in [-0.05, 0) is 18.1 Å². The normalized spacial score (nSPS) is 21.6. The molecule has 1 atom stereocenters. The van der Waals surface area contributed by atoms with Crippen molar-refractivity contribution in [1.29, 1.82) is 0 Å². The van der Waals surface area contributed by atoms with Crippen LogP contribution in [0.2, 0.25) is 0 Å². The molecule has 2 aromatic rings. The van der Waals surface area contributed by atoms with Gasteiger partial charge in [-0.25, -0.2) is 0 Å². The van der Waals surface area contributed by atoms with E-state index in [0.29, 0.717) is 0 Å². The SMILES string of the molecule is CC1(N(Cc2ccccc2)Cc2ccccc2)CO1. The van der Waals surface area contributed by atoms with Crippen molar-refractivity contribution in [2.24, 2.45) is 0 Å². The first-order valence-corrected chi connectivity index (χ1v) is 6.73. The highest BCUT2D eigenvalue weighted by atomic mass is 16.6. The molecular formula is C17H19NO. The third-order valence-corrected chi connectivity index (χ3v) is 3.66. The predicted molar refractivity (Wildman–Crippen MR) is 76.5 cm³/mol. The van der Waals surface area contributed by atoms with Gasteiger partial charge in [0.25, 0.3) is 0 Å². The van der Waals surface area contributed by atoms with Gasteiger partial charge < -0.3 is 4.74 Å². The largest absolute Gasteiger partial charge is 0.354 e. The Bertz CT molecular complexity index is 478. The Morgan fingerprint density at radius 2 is 1.32 bits per heavy atom. The van der Waals surface area contributed by atoms with E-state index in [4.69, 9.17) is 4.74 Å². The molecule has 1 aliphatic rings. The summed E-state index contributed by atoms with van der Waals surface area (Å²) in [5.74, 6) is 0. The van der Waals surface area contributed by atoms with Gasteiger partial charge in [0.15, 0.2) is 0 Å². The fourth-order valence-corrected chi connectivity index (χ4v) is 2.28. The van der Waals surface area contributed by atoms with Gasteiger partial charge in [-0.3, -0.25) is 4.90 Å². The van der Waals surface area contributed by atoms with Gasteiger partial charge in [-0.1, -0.05) is 60.7 Å². The van der Waals surface area contributed by atoms with Crippen LogP contribution in [0.25, 0.3) is 0 Å². The lowest BCUT2D eigenvalue weighted by molar-refractivity contribution is 0.0777. The lowest BCUT2D eigenvalue weighted by Crippen LogP contribution is -2.35. The van der Waals surface area contributed by atoms with E-state index in [1.807, 2.05) is 0 Å². The molecule has 2 nitrogen and oxygen atoms in total. The zero-order valence-electron chi connectivity index (χ0n) is 11.3.